The van der Waals surface area contributed by atoms with Crippen LogP contribution in [0.25, 0.3) is 11.2 Å². The number of anilines is 1. The number of imidazole rings is 1. The summed E-state index contributed by atoms with van der Waals surface area (Å²) < 4.78 is 52.7. The Bertz CT molecular complexity index is 1400. The number of hydrogen-bond donors (Lipinski definition) is 2. The molecule has 1 aliphatic heterocycles. The van der Waals surface area contributed by atoms with Gasteiger partial charge in [-0.05, 0) is 26.0 Å². The Labute approximate surface area is 235 Å². The third-order valence-electron chi connectivity index (χ3n) is 6.26. The molecular weight excluding hydrogens is 570 g/mol. The fraction of sp³-hybridized carbons (Fsp3) is 0.500. The van der Waals surface area contributed by atoms with Crippen molar-refractivity contribution in [1.29, 1.82) is 0 Å². The maximum atomic E-state index is 15.7. The summed E-state index contributed by atoms with van der Waals surface area (Å²) in [6.07, 6.45) is -3.85. The van der Waals surface area contributed by atoms with Crippen molar-refractivity contribution < 1.29 is 37.4 Å². The van der Waals surface area contributed by atoms with Crippen molar-refractivity contribution in [2.45, 2.75) is 44.0 Å². The Kier molecular flexibility index (Phi) is 8.98. The molecule has 1 fully saturated rings. The molecule has 0 amide bonds. The Morgan fingerprint density at radius 2 is 2.05 bits per heavy atom. The first-order valence-corrected chi connectivity index (χ1v) is 14.3. The molecule has 3 aromatic rings. The normalized spacial score (nSPS) is 24.9. The zero-order valence-electron chi connectivity index (χ0n) is 22.5. The van der Waals surface area contributed by atoms with Crippen molar-refractivity contribution in [1.82, 2.24) is 24.6 Å². The minimum absolute atomic E-state index is 0.168. The van der Waals surface area contributed by atoms with Gasteiger partial charge in [-0.25, -0.2) is 23.9 Å². The van der Waals surface area contributed by atoms with Gasteiger partial charge in [0.2, 0.25) is 0 Å². The van der Waals surface area contributed by atoms with Crippen LogP contribution in [-0.2, 0) is 23.4 Å². The standard InChI is InChI=1S/C24H31ClFN6O7P/c1-14(23(34)36-5)30-40(35,39-16-9-7-6-8-10-16)37-12-24(11-25)19(33)17(26)22(38-24)32-13-27-18-20(31(3)4)28-15(2)29-21(18)32/h6-10,13-14,17,19,22,33H,11-12H2,1-5H3,(H,30,35)/t14-,17+,19-,22+,24+,40+/m0/s1. The number of aromatic nitrogens is 4. The smallest absolute Gasteiger partial charge is 0.459 e. The Morgan fingerprint density at radius 3 is 2.67 bits per heavy atom. The number of carbonyl (C=O) groups is 1. The van der Waals surface area contributed by atoms with Crippen LogP contribution in [-0.4, -0.2) is 88.2 Å². The molecule has 6 atom stereocenters. The van der Waals surface area contributed by atoms with E-state index in [2.05, 4.69) is 24.8 Å². The number of aryl methyl sites for hydroxylation is 1. The molecule has 4 rings (SSSR count). The lowest BCUT2D eigenvalue weighted by Gasteiger charge is -2.31. The fourth-order valence-electron chi connectivity index (χ4n) is 4.18. The van der Waals surface area contributed by atoms with Crippen LogP contribution in [0.4, 0.5) is 10.2 Å². The number of alkyl halides is 2. The summed E-state index contributed by atoms with van der Waals surface area (Å²) in [6.45, 7) is 2.42. The van der Waals surface area contributed by atoms with Gasteiger partial charge >= 0.3 is 13.7 Å². The number of nitrogens with one attached hydrogen (secondary N) is 1. The number of halogens is 2. The minimum atomic E-state index is -4.33. The van der Waals surface area contributed by atoms with E-state index in [-0.39, 0.29) is 11.4 Å². The SMILES string of the molecule is COC(=O)[C@H](C)N[P@@](=O)(OC[C@@]1(CCl)O[C@@H](n2cnc3c(N(C)C)nc(C)nc32)[C@H](F)[C@@H]1O)Oc1ccccc1. The van der Waals surface area contributed by atoms with Gasteiger partial charge in [0.15, 0.2) is 29.4 Å². The molecule has 40 heavy (non-hydrogen) atoms. The molecule has 0 unspecified atom stereocenters. The van der Waals surface area contributed by atoms with Crippen LogP contribution in [0, 0.1) is 6.92 Å². The average molecular weight is 601 g/mol. The highest BCUT2D eigenvalue weighted by Gasteiger charge is 2.57. The highest BCUT2D eigenvalue weighted by molar-refractivity contribution is 7.52. The second-order valence-corrected chi connectivity index (χ2v) is 11.4. The maximum absolute atomic E-state index is 15.7. The summed E-state index contributed by atoms with van der Waals surface area (Å²) in [5.74, 6) is -0.0568. The number of rotatable bonds is 11. The zero-order valence-corrected chi connectivity index (χ0v) is 24.2. The Morgan fingerprint density at radius 1 is 1.35 bits per heavy atom. The molecule has 2 aromatic heterocycles. The minimum Gasteiger partial charge on any atom is -0.468 e. The maximum Gasteiger partial charge on any atom is 0.459 e. The molecule has 1 aliphatic rings. The number of fused-ring (bicyclic) bond motifs is 1. The van der Waals surface area contributed by atoms with E-state index in [0.29, 0.717) is 17.2 Å². The van der Waals surface area contributed by atoms with E-state index in [1.165, 1.54) is 37.1 Å². The zero-order chi connectivity index (χ0) is 29.2. The van der Waals surface area contributed by atoms with E-state index in [1.807, 2.05) is 0 Å². The van der Waals surface area contributed by atoms with Gasteiger partial charge in [-0.2, -0.15) is 5.09 Å². The molecule has 2 N–H and O–H groups in total. The van der Waals surface area contributed by atoms with Crippen LogP contribution in [0.1, 0.15) is 19.0 Å². The molecule has 0 spiro atoms. The molecule has 13 nitrogen and oxygen atoms in total. The third kappa shape index (κ3) is 5.92. The molecule has 0 aliphatic carbocycles. The van der Waals surface area contributed by atoms with Crippen molar-refractivity contribution in [3.63, 3.8) is 0 Å². The number of aliphatic hydroxyl groups is 1. The molecule has 1 saturated heterocycles. The first-order chi connectivity index (χ1) is 18.9. The van der Waals surface area contributed by atoms with Crippen molar-refractivity contribution >= 4 is 42.3 Å². The molecule has 0 bridgehead atoms. The van der Waals surface area contributed by atoms with Crippen molar-refractivity contribution in [3.8, 4) is 5.75 Å². The predicted molar refractivity (Wildman–Crippen MR) is 144 cm³/mol. The predicted octanol–water partition coefficient (Wildman–Crippen LogP) is 2.76. The molecule has 1 aromatic carbocycles. The van der Waals surface area contributed by atoms with Crippen molar-refractivity contribution in [2.75, 3.05) is 38.6 Å². The average Bonchev–Trinajstić information content (AvgIpc) is 3.45. The van der Waals surface area contributed by atoms with Gasteiger partial charge in [0.05, 0.1) is 25.9 Å². The number of benzene rings is 1. The number of para-hydroxylation sites is 1. The van der Waals surface area contributed by atoms with Gasteiger partial charge in [-0.15, -0.1) is 11.6 Å². The van der Waals surface area contributed by atoms with Crippen LogP contribution in [0.2, 0.25) is 0 Å². The monoisotopic (exact) mass is 600 g/mol. The van der Waals surface area contributed by atoms with Gasteiger partial charge in [-0.1, -0.05) is 18.2 Å². The van der Waals surface area contributed by atoms with Gasteiger partial charge in [0.1, 0.15) is 29.3 Å². The summed E-state index contributed by atoms with van der Waals surface area (Å²) >= 11 is 6.22. The van der Waals surface area contributed by atoms with Crippen molar-refractivity contribution in [3.05, 3.63) is 42.5 Å². The number of ether oxygens (including phenoxy) is 2. The van der Waals surface area contributed by atoms with Gasteiger partial charge < -0.3 is 24.0 Å². The molecule has 0 saturated carbocycles. The van der Waals surface area contributed by atoms with E-state index < -0.39 is 56.3 Å². The molecule has 16 heteroatoms. The number of methoxy groups -OCH3 is 1. The lowest BCUT2D eigenvalue weighted by Crippen LogP contribution is -2.48. The van der Waals surface area contributed by atoms with Gasteiger partial charge in [-0.3, -0.25) is 13.9 Å². The Hall–Kier alpha value is -2.87. The molecule has 3 heterocycles. The van der Waals surface area contributed by atoms with Gasteiger partial charge in [0, 0.05) is 14.1 Å². The van der Waals surface area contributed by atoms with Gasteiger partial charge in [0.25, 0.3) is 0 Å². The largest absolute Gasteiger partial charge is 0.468 e. The highest BCUT2D eigenvalue weighted by atomic mass is 35.5. The summed E-state index contributed by atoms with van der Waals surface area (Å²) in [5, 5.41) is 13.5. The lowest BCUT2D eigenvalue weighted by molar-refractivity contribution is -0.142. The molecule has 218 valence electrons. The Balaban J connectivity index is 1.63. The van der Waals surface area contributed by atoms with E-state index >= 15 is 4.39 Å². The number of nitrogens with zero attached hydrogens (tertiary/aromatic N) is 5. The molecular formula is C24H31ClFN6O7P. The summed E-state index contributed by atoms with van der Waals surface area (Å²) in [4.78, 5) is 26.9. The number of aliphatic hydroxyl groups excluding tert-OH is 1. The van der Waals surface area contributed by atoms with E-state index in [1.54, 1.807) is 44.1 Å². The van der Waals surface area contributed by atoms with Crippen LogP contribution in [0.15, 0.2) is 36.7 Å². The first-order valence-electron chi connectivity index (χ1n) is 12.2. The molecule has 0 radical (unpaired) electrons. The van der Waals surface area contributed by atoms with Crippen LogP contribution >= 0.6 is 19.3 Å². The quantitative estimate of drug-likeness (QED) is 0.189. The topological polar surface area (TPSA) is 150 Å². The third-order valence-corrected chi connectivity index (χ3v) is 8.34. The first kappa shape index (κ1) is 30.1. The highest BCUT2D eigenvalue weighted by Crippen LogP contribution is 2.49. The van der Waals surface area contributed by atoms with E-state index in [0.717, 1.165) is 0 Å². The second-order valence-electron chi connectivity index (χ2n) is 9.46. The van der Waals surface area contributed by atoms with Crippen LogP contribution in [0.3, 0.4) is 0 Å². The van der Waals surface area contributed by atoms with E-state index in [9.17, 15) is 14.5 Å². The fourth-order valence-corrected chi connectivity index (χ4v) is 6.02. The summed E-state index contributed by atoms with van der Waals surface area (Å²) in [6, 6.07) is 6.98. The van der Waals surface area contributed by atoms with E-state index in [4.69, 9.17) is 25.4 Å². The van der Waals surface area contributed by atoms with Crippen LogP contribution < -0.4 is 14.5 Å². The number of carbonyl (C=O) groups excluding carboxylic acids is 1. The number of esters is 1. The summed E-state index contributed by atoms with van der Waals surface area (Å²) in [5.41, 5.74) is -1.17. The van der Waals surface area contributed by atoms with Crippen molar-refractivity contribution in [2.24, 2.45) is 0 Å². The second kappa shape index (κ2) is 11.9. The number of hydrogen-bond acceptors (Lipinski definition) is 11. The van der Waals surface area contributed by atoms with Crippen LogP contribution in [0.5, 0.6) is 5.75 Å². The lowest BCUT2D eigenvalue weighted by atomic mass is 9.99. The summed E-state index contributed by atoms with van der Waals surface area (Å²) in [7, 11) is 0.414.